The number of likely N-dealkylation sites (N-methyl/N-ethyl adjacent to an activating group) is 1. The first-order valence-corrected chi connectivity index (χ1v) is 8.50. The number of sulfonamides is 1. The largest absolute Gasteiger partial charge is 0.377 e. The second kappa shape index (κ2) is 6.32. The van der Waals surface area contributed by atoms with Gasteiger partial charge in [-0.2, -0.15) is 4.31 Å². The fourth-order valence-corrected chi connectivity index (χ4v) is 4.85. The quantitative estimate of drug-likeness (QED) is 0.797. The highest BCUT2D eigenvalue weighted by molar-refractivity contribution is 7.89. The first-order chi connectivity index (χ1) is 8.63. The number of hydrogen-bond donors (Lipinski definition) is 1. The smallest absolute Gasteiger partial charge is 0.216 e. The van der Waals surface area contributed by atoms with Crippen LogP contribution in [0, 0.1) is 0 Å². The number of nitrogens with zero attached hydrogens (tertiary/aromatic N) is 1. The van der Waals surface area contributed by atoms with Crippen molar-refractivity contribution in [2.45, 2.75) is 44.2 Å². The molecular formula is C12H24N2O3S. The lowest BCUT2D eigenvalue weighted by Gasteiger charge is -2.35. The van der Waals surface area contributed by atoms with Crippen LogP contribution >= 0.6 is 0 Å². The van der Waals surface area contributed by atoms with Crippen LogP contribution < -0.4 is 5.32 Å². The van der Waals surface area contributed by atoms with Gasteiger partial charge in [-0.15, -0.1) is 0 Å². The molecule has 2 rings (SSSR count). The number of hydrogen-bond acceptors (Lipinski definition) is 4. The van der Waals surface area contributed by atoms with Gasteiger partial charge in [0.1, 0.15) is 0 Å². The van der Waals surface area contributed by atoms with Crippen molar-refractivity contribution >= 4 is 10.0 Å². The zero-order valence-corrected chi connectivity index (χ0v) is 11.9. The molecule has 0 saturated carbocycles. The first-order valence-electron chi connectivity index (χ1n) is 6.89. The lowest BCUT2D eigenvalue weighted by Crippen LogP contribution is -2.49. The fraction of sp³-hybridized carbons (Fsp3) is 1.00. The number of piperidine rings is 1. The molecule has 2 aliphatic rings. The summed E-state index contributed by atoms with van der Waals surface area (Å²) in [5.41, 5.74) is 0. The van der Waals surface area contributed by atoms with Crippen LogP contribution in [0.2, 0.25) is 0 Å². The summed E-state index contributed by atoms with van der Waals surface area (Å²) in [5, 5.41) is 3.10. The molecule has 106 valence electrons. The summed E-state index contributed by atoms with van der Waals surface area (Å²) in [7, 11) is -1.30. The van der Waals surface area contributed by atoms with Gasteiger partial charge in [0.2, 0.25) is 10.0 Å². The molecule has 2 saturated heterocycles. The number of rotatable bonds is 5. The van der Waals surface area contributed by atoms with Crippen LogP contribution in [-0.4, -0.2) is 57.4 Å². The minimum atomic E-state index is -3.17. The van der Waals surface area contributed by atoms with E-state index < -0.39 is 10.0 Å². The molecule has 0 spiro atoms. The Kier molecular flexibility index (Phi) is 5.00. The SMILES string of the molecule is CNCC1CCCCN1S(=O)(=O)CC1CCCO1. The molecule has 0 aromatic heterocycles. The van der Waals surface area contributed by atoms with E-state index in [2.05, 4.69) is 5.32 Å². The van der Waals surface area contributed by atoms with Gasteiger partial charge in [0, 0.05) is 25.7 Å². The van der Waals surface area contributed by atoms with Crippen molar-refractivity contribution in [3.05, 3.63) is 0 Å². The molecule has 0 aliphatic carbocycles. The van der Waals surface area contributed by atoms with Crippen molar-refractivity contribution in [1.29, 1.82) is 0 Å². The Balaban J connectivity index is 2.01. The first kappa shape index (κ1) is 14.2. The molecule has 18 heavy (non-hydrogen) atoms. The van der Waals surface area contributed by atoms with E-state index in [1.165, 1.54) is 0 Å². The van der Waals surface area contributed by atoms with Gasteiger partial charge in [-0.1, -0.05) is 6.42 Å². The van der Waals surface area contributed by atoms with Crippen LogP contribution in [0.25, 0.3) is 0 Å². The van der Waals surface area contributed by atoms with Crippen molar-refractivity contribution in [3.63, 3.8) is 0 Å². The molecule has 2 unspecified atom stereocenters. The highest BCUT2D eigenvalue weighted by Gasteiger charge is 2.34. The van der Waals surface area contributed by atoms with E-state index in [0.717, 1.165) is 38.6 Å². The monoisotopic (exact) mass is 276 g/mol. The van der Waals surface area contributed by atoms with Crippen LogP contribution in [0.15, 0.2) is 0 Å². The third-order valence-electron chi connectivity index (χ3n) is 3.79. The summed E-state index contributed by atoms with van der Waals surface area (Å²) in [5.74, 6) is 0.160. The summed E-state index contributed by atoms with van der Waals surface area (Å²) in [6, 6.07) is 0.121. The van der Waals surface area contributed by atoms with Gasteiger partial charge in [-0.25, -0.2) is 8.42 Å². The third-order valence-corrected chi connectivity index (χ3v) is 5.78. The maximum absolute atomic E-state index is 12.4. The molecule has 2 fully saturated rings. The molecule has 0 bridgehead atoms. The zero-order valence-electron chi connectivity index (χ0n) is 11.1. The molecule has 5 nitrogen and oxygen atoms in total. The fourth-order valence-electron chi connectivity index (χ4n) is 2.89. The number of nitrogens with one attached hydrogen (secondary N) is 1. The minimum absolute atomic E-state index is 0.0906. The van der Waals surface area contributed by atoms with Gasteiger partial charge < -0.3 is 10.1 Å². The van der Waals surface area contributed by atoms with Gasteiger partial charge in [0.15, 0.2) is 0 Å². The summed E-state index contributed by atoms with van der Waals surface area (Å²) in [6.07, 6.45) is 4.84. The van der Waals surface area contributed by atoms with E-state index in [1.807, 2.05) is 7.05 Å². The van der Waals surface area contributed by atoms with Gasteiger partial charge in [0.05, 0.1) is 11.9 Å². The third kappa shape index (κ3) is 3.44. The Bertz CT molecular complexity index is 350. The lowest BCUT2D eigenvalue weighted by atomic mass is 10.1. The highest BCUT2D eigenvalue weighted by Crippen LogP contribution is 2.23. The van der Waals surface area contributed by atoms with Gasteiger partial charge in [0.25, 0.3) is 0 Å². The van der Waals surface area contributed by atoms with Crippen molar-refractivity contribution in [2.75, 3.05) is 32.5 Å². The Hall–Kier alpha value is -0.170. The molecular weight excluding hydrogens is 252 g/mol. The maximum atomic E-state index is 12.4. The molecule has 0 aromatic rings. The van der Waals surface area contributed by atoms with E-state index in [4.69, 9.17) is 4.74 Å². The van der Waals surface area contributed by atoms with Gasteiger partial charge in [-0.05, 0) is 32.7 Å². The Labute approximate surface area is 110 Å². The zero-order chi connectivity index (χ0) is 13.0. The summed E-state index contributed by atoms with van der Waals surface area (Å²) in [4.78, 5) is 0. The predicted molar refractivity (Wildman–Crippen MR) is 71.0 cm³/mol. The normalized spacial score (nSPS) is 30.7. The molecule has 0 aromatic carbocycles. The summed E-state index contributed by atoms with van der Waals surface area (Å²) < 4.78 is 32.0. The van der Waals surface area contributed by atoms with Crippen LogP contribution in [0.1, 0.15) is 32.1 Å². The van der Waals surface area contributed by atoms with Crippen LogP contribution in [0.4, 0.5) is 0 Å². The topological polar surface area (TPSA) is 58.6 Å². The van der Waals surface area contributed by atoms with E-state index in [-0.39, 0.29) is 17.9 Å². The number of ether oxygens (including phenoxy) is 1. The molecule has 0 amide bonds. The molecule has 2 aliphatic heterocycles. The highest BCUT2D eigenvalue weighted by atomic mass is 32.2. The predicted octanol–water partition coefficient (Wildman–Crippen LogP) is 0.569. The Morgan fingerprint density at radius 2 is 2.11 bits per heavy atom. The minimum Gasteiger partial charge on any atom is -0.377 e. The van der Waals surface area contributed by atoms with Crippen molar-refractivity contribution < 1.29 is 13.2 Å². The average molecular weight is 276 g/mol. The van der Waals surface area contributed by atoms with Gasteiger partial charge >= 0.3 is 0 Å². The molecule has 2 atom stereocenters. The van der Waals surface area contributed by atoms with E-state index >= 15 is 0 Å². The second-order valence-electron chi connectivity index (χ2n) is 5.23. The van der Waals surface area contributed by atoms with Crippen molar-refractivity contribution in [2.24, 2.45) is 0 Å². The standard InChI is InChI=1S/C12H24N2O3S/c1-13-9-11-5-2-3-7-14(11)18(15,16)10-12-6-4-8-17-12/h11-13H,2-10H2,1H3. The van der Waals surface area contributed by atoms with Crippen LogP contribution in [0.5, 0.6) is 0 Å². The van der Waals surface area contributed by atoms with E-state index in [9.17, 15) is 8.42 Å². The van der Waals surface area contributed by atoms with Crippen molar-refractivity contribution in [3.8, 4) is 0 Å². The summed E-state index contributed by atoms with van der Waals surface area (Å²) in [6.45, 7) is 2.12. The Morgan fingerprint density at radius 3 is 2.78 bits per heavy atom. The maximum Gasteiger partial charge on any atom is 0.216 e. The van der Waals surface area contributed by atoms with Crippen molar-refractivity contribution in [1.82, 2.24) is 9.62 Å². The Morgan fingerprint density at radius 1 is 1.28 bits per heavy atom. The molecule has 0 radical (unpaired) electrons. The molecule has 1 N–H and O–H groups in total. The van der Waals surface area contributed by atoms with Crippen LogP contribution in [0.3, 0.4) is 0 Å². The summed E-state index contributed by atoms with van der Waals surface area (Å²) >= 11 is 0. The average Bonchev–Trinajstić information content (AvgIpc) is 2.82. The second-order valence-corrected chi connectivity index (χ2v) is 7.20. The molecule has 6 heteroatoms. The van der Waals surface area contributed by atoms with Crippen LogP contribution in [-0.2, 0) is 14.8 Å². The van der Waals surface area contributed by atoms with E-state index in [0.29, 0.717) is 13.2 Å². The lowest BCUT2D eigenvalue weighted by molar-refractivity contribution is 0.125. The van der Waals surface area contributed by atoms with E-state index in [1.54, 1.807) is 4.31 Å². The van der Waals surface area contributed by atoms with Gasteiger partial charge in [-0.3, -0.25) is 0 Å². The molecule has 2 heterocycles.